The SMILES string of the molecule is CCCCC1(CCCC)C[C@H](C)N1N=O. The van der Waals surface area contributed by atoms with Gasteiger partial charge >= 0.3 is 0 Å². The Morgan fingerprint density at radius 3 is 2.13 bits per heavy atom. The lowest BCUT2D eigenvalue weighted by atomic mass is 9.74. The Kier molecular flexibility index (Phi) is 4.55. The predicted octanol–water partition coefficient (Wildman–Crippen LogP) is 3.88. The molecule has 1 saturated heterocycles. The van der Waals surface area contributed by atoms with Crippen molar-refractivity contribution in [3.8, 4) is 0 Å². The highest BCUT2D eigenvalue weighted by molar-refractivity contribution is 5.02. The molecule has 1 aliphatic heterocycles. The van der Waals surface area contributed by atoms with Gasteiger partial charge in [0.05, 0.1) is 16.9 Å². The standard InChI is InChI=1S/C12H24N2O/c1-4-6-8-12(9-7-5-2)10-11(3)14(12)13-15/h11H,4-10H2,1-3H3/t11-/m0/s1. The molecule has 1 fully saturated rings. The van der Waals surface area contributed by atoms with E-state index in [-0.39, 0.29) is 5.54 Å². The quantitative estimate of drug-likeness (QED) is 0.600. The van der Waals surface area contributed by atoms with E-state index in [0.717, 1.165) is 19.3 Å². The van der Waals surface area contributed by atoms with E-state index in [1.54, 1.807) is 0 Å². The van der Waals surface area contributed by atoms with Crippen LogP contribution in [0.5, 0.6) is 0 Å². The first-order chi connectivity index (χ1) is 7.20. The minimum Gasteiger partial charge on any atom is -0.252 e. The molecule has 15 heavy (non-hydrogen) atoms. The molecular weight excluding hydrogens is 188 g/mol. The number of hydrogen-bond acceptors (Lipinski definition) is 2. The summed E-state index contributed by atoms with van der Waals surface area (Å²) >= 11 is 0. The van der Waals surface area contributed by atoms with E-state index in [1.807, 2.05) is 5.01 Å². The molecule has 1 aliphatic rings. The molecule has 0 radical (unpaired) electrons. The molecule has 0 aromatic carbocycles. The van der Waals surface area contributed by atoms with E-state index >= 15 is 0 Å². The first-order valence-electron chi connectivity index (χ1n) is 6.32. The molecule has 0 spiro atoms. The first kappa shape index (κ1) is 12.5. The number of unbranched alkanes of at least 4 members (excludes halogenated alkanes) is 2. The van der Waals surface area contributed by atoms with Crippen LogP contribution in [0.1, 0.15) is 65.7 Å². The number of nitrogens with zero attached hydrogens (tertiary/aromatic N) is 2. The second-order valence-corrected chi connectivity index (χ2v) is 4.91. The third-order valence-electron chi connectivity index (χ3n) is 3.66. The van der Waals surface area contributed by atoms with Gasteiger partial charge in [-0.1, -0.05) is 39.5 Å². The van der Waals surface area contributed by atoms with Crippen LogP contribution in [0.15, 0.2) is 5.29 Å². The van der Waals surface area contributed by atoms with E-state index in [2.05, 4.69) is 26.1 Å². The van der Waals surface area contributed by atoms with Gasteiger partial charge in [0.1, 0.15) is 0 Å². The highest BCUT2D eigenvalue weighted by atomic mass is 16.3. The van der Waals surface area contributed by atoms with Crippen LogP contribution in [0.25, 0.3) is 0 Å². The molecule has 0 unspecified atom stereocenters. The van der Waals surface area contributed by atoms with Gasteiger partial charge in [0.2, 0.25) is 0 Å². The van der Waals surface area contributed by atoms with Crippen LogP contribution in [0.4, 0.5) is 0 Å². The second kappa shape index (κ2) is 5.47. The summed E-state index contributed by atoms with van der Waals surface area (Å²) in [4.78, 5) is 10.8. The molecule has 0 aromatic heterocycles. The fourth-order valence-corrected chi connectivity index (χ4v) is 2.82. The Morgan fingerprint density at radius 1 is 1.27 bits per heavy atom. The molecule has 3 heteroatoms. The van der Waals surface area contributed by atoms with Gasteiger partial charge in [-0.2, -0.15) is 0 Å². The van der Waals surface area contributed by atoms with Crippen molar-refractivity contribution in [2.45, 2.75) is 77.3 Å². The van der Waals surface area contributed by atoms with Crippen molar-refractivity contribution < 1.29 is 0 Å². The van der Waals surface area contributed by atoms with E-state index in [0.29, 0.717) is 6.04 Å². The molecule has 1 heterocycles. The lowest BCUT2D eigenvalue weighted by Crippen LogP contribution is -2.62. The van der Waals surface area contributed by atoms with E-state index < -0.39 is 0 Å². The van der Waals surface area contributed by atoms with Crippen LogP contribution in [-0.2, 0) is 0 Å². The number of rotatable bonds is 7. The van der Waals surface area contributed by atoms with Gasteiger partial charge in [-0.25, -0.2) is 0 Å². The van der Waals surface area contributed by atoms with Gasteiger partial charge in [0, 0.05) is 0 Å². The molecule has 0 saturated carbocycles. The molecule has 3 nitrogen and oxygen atoms in total. The third kappa shape index (κ3) is 2.50. The second-order valence-electron chi connectivity index (χ2n) is 4.91. The Labute approximate surface area is 93.2 Å². The Hall–Kier alpha value is -0.600. The summed E-state index contributed by atoms with van der Waals surface area (Å²) in [5.41, 5.74) is 0.118. The largest absolute Gasteiger partial charge is 0.252 e. The van der Waals surface area contributed by atoms with E-state index in [4.69, 9.17) is 0 Å². The molecular formula is C12H24N2O. The van der Waals surface area contributed by atoms with Crippen molar-refractivity contribution in [3.05, 3.63) is 4.91 Å². The maximum atomic E-state index is 10.8. The van der Waals surface area contributed by atoms with E-state index in [1.165, 1.54) is 25.7 Å². The lowest BCUT2D eigenvalue weighted by Gasteiger charge is -2.54. The minimum absolute atomic E-state index is 0.118. The summed E-state index contributed by atoms with van der Waals surface area (Å²) in [6.45, 7) is 6.50. The van der Waals surface area contributed by atoms with E-state index in [9.17, 15) is 4.91 Å². The van der Waals surface area contributed by atoms with Crippen molar-refractivity contribution >= 4 is 0 Å². The zero-order valence-corrected chi connectivity index (χ0v) is 10.3. The van der Waals surface area contributed by atoms with Crippen LogP contribution in [0, 0.1) is 4.91 Å². The molecule has 0 aliphatic carbocycles. The molecule has 0 amide bonds. The van der Waals surface area contributed by atoms with Crippen molar-refractivity contribution in [1.29, 1.82) is 0 Å². The van der Waals surface area contributed by atoms with Gasteiger partial charge in [-0.3, -0.25) is 5.01 Å². The highest BCUT2D eigenvalue weighted by Gasteiger charge is 2.49. The summed E-state index contributed by atoms with van der Waals surface area (Å²) in [5, 5.41) is 5.04. The topological polar surface area (TPSA) is 32.7 Å². The third-order valence-corrected chi connectivity index (χ3v) is 3.66. The van der Waals surface area contributed by atoms with Crippen LogP contribution in [-0.4, -0.2) is 16.6 Å². The Bertz CT molecular complexity index is 198. The fourth-order valence-electron chi connectivity index (χ4n) is 2.82. The molecule has 1 atom stereocenters. The van der Waals surface area contributed by atoms with Crippen LogP contribution in [0.2, 0.25) is 0 Å². The van der Waals surface area contributed by atoms with Crippen LogP contribution in [0.3, 0.4) is 0 Å². The fraction of sp³-hybridized carbons (Fsp3) is 1.00. The zero-order valence-electron chi connectivity index (χ0n) is 10.3. The molecule has 88 valence electrons. The summed E-state index contributed by atoms with van der Waals surface area (Å²) < 4.78 is 0. The number of nitroso groups, excluding NO2 is 1. The molecule has 0 bridgehead atoms. The van der Waals surface area contributed by atoms with Gasteiger partial charge < -0.3 is 0 Å². The maximum absolute atomic E-state index is 10.8. The first-order valence-corrected chi connectivity index (χ1v) is 6.32. The highest BCUT2D eigenvalue weighted by Crippen LogP contribution is 2.44. The predicted molar refractivity (Wildman–Crippen MR) is 63.5 cm³/mol. The van der Waals surface area contributed by atoms with Gasteiger partial charge in [0.15, 0.2) is 0 Å². The van der Waals surface area contributed by atoms with Crippen molar-refractivity contribution in [1.82, 2.24) is 5.01 Å². The van der Waals surface area contributed by atoms with Crippen LogP contribution >= 0.6 is 0 Å². The van der Waals surface area contributed by atoms with Gasteiger partial charge in [-0.15, -0.1) is 4.91 Å². The summed E-state index contributed by atoms with van der Waals surface area (Å²) in [5.74, 6) is 0. The summed E-state index contributed by atoms with van der Waals surface area (Å²) in [7, 11) is 0. The van der Waals surface area contributed by atoms with Crippen molar-refractivity contribution in [2.75, 3.05) is 0 Å². The van der Waals surface area contributed by atoms with Gasteiger partial charge in [0.25, 0.3) is 0 Å². The maximum Gasteiger partial charge on any atom is 0.0634 e. The summed E-state index contributed by atoms with van der Waals surface area (Å²) in [6, 6.07) is 0.358. The monoisotopic (exact) mass is 212 g/mol. The van der Waals surface area contributed by atoms with Crippen molar-refractivity contribution in [3.63, 3.8) is 0 Å². The Morgan fingerprint density at radius 2 is 1.80 bits per heavy atom. The average molecular weight is 212 g/mol. The van der Waals surface area contributed by atoms with Crippen LogP contribution < -0.4 is 0 Å². The minimum atomic E-state index is 0.118. The number of hydrogen-bond donors (Lipinski definition) is 0. The lowest BCUT2D eigenvalue weighted by molar-refractivity contribution is -0.0798. The molecule has 1 rings (SSSR count). The smallest absolute Gasteiger partial charge is 0.0634 e. The molecule has 0 aromatic rings. The zero-order chi connectivity index (χ0) is 11.3. The van der Waals surface area contributed by atoms with Gasteiger partial charge in [-0.05, 0) is 26.2 Å². The van der Waals surface area contributed by atoms with Crippen molar-refractivity contribution in [2.24, 2.45) is 5.29 Å². The summed E-state index contributed by atoms with van der Waals surface area (Å²) in [6.07, 6.45) is 8.26. The normalized spacial score (nSPS) is 23.7. The molecule has 0 N–H and O–H groups in total. The average Bonchev–Trinajstić information content (AvgIpc) is 2.22. The Balaban J connectivity index is 2.56.